The van der Waals surface area contributed by atoms with Crippen molar-refractivity contribution in [3.05, 3.63) is 87.4 Å². The molecule has 7 nitrogen and oxygen atoms in total. The van der Waals surface area contributed by atoms with Gasteiger partial charge in [-0.2, -0.15) is 0 Å². The van der Waals surface area contributed by atoms with Gasteiger partial charge in [-0.1, -0.05) is 65.7 Å². The number of hydrogen-bond donors (Lipinski definition) is 3. The molecule has 2 atom stereocenters. The minimum absolute atomic E-state index is 0.173. The fraction of sp³-hybridized carbons (Fsp3) is 0.227. The molecule has 0 radical (unpaired) electrons. The van der Waals surface area contributed by atoms with Crippen LogP contribution in [0.15, 0.2) is 54.9 Å². The quantitative estimate of drug-likeness (QED) is 0.536. The molecule has 0 spiro atoms. The molecule has 2 amide bonds. The second-order valence-electron chi connectivity index (χ2n) is 7.29. The number of nitrogens with one attached hydrogen (secondary N) is 2. The average Bonchev–Trinajstić information content (AvgIpc) is 3.24. The third-order valence-corrected chi connectivity index (χ3v) is 6.17. The van der Waals surface area contributed by atoms with Crippen molar-refractivity contribution in [2.24, 2.45) is 0 Å². The molecule has 2 heterocycles. The zero-order valence-electron chi connectivity index (χ0n) is 16.4. The number of H-pyrrole nitrogens is 1. The Morgan fingerprint density at radius 3 is 2.71 bits per heavy atom. The first-order chi connectivity index (χ1) is 15.0. The van der Waals surface area contributed by atoms with Crippen LogP contribution in [0.25, 0.3) is 0 Å². The Morgan fingerprint density at radius 1 is 1.19 bits per heavy atom. The van der Waals surface area contributed by atoms with Gasteiger partial charge in [0.2, 0.25) is 0 Å². The van der Waals surface area contributed by atoms with E-state index in [0.29, 0.717) is 34.3 Å². The van der Waals surface area contributed by atoms with E-state index in [9.17, 15) is 14.7 Å². The van der Waals surface area contributed by atoms with Crippen LogP contribution in [0.5, 0.6) is 0 Å². The van der Waals surface area contributed by atoms with Gasteiger partial charge >= 0.3 is 12.0 Å². The Labute approximate surface area is 189 Å². The van der Waals surface area contributed by atoms with E-state index in [1.54, 1.807) is 29.4 Å². The van der Waals surface area contributed by atoms with Crippen molar-refractivity contribution >= 4 is 35.2 Å². The van der Waals surface area contributed by atoms with Crippen LogP contribution in [0.2, 0.25) is 10.0 Å². The molecule has 0 fully saturated rings. The van der Waals surface area contributed by atoms with Crippen LogP contribution in [-0.2, 0) is 17.6 Å². The minimum atomic E-state index is -1.10. The van der Waals surface area contributed by atoms with Crippen molar-refractivity contribution in [2.45, 2.75) is 24.9 Å². The van der Waals surface area contributed by atoms with Crippen LogP contribution in [0.1, 0.15) is 28.6 Å². The number of carbonyl (C=O) groups is 2. The standard InChI is InChI=1S/C22H20Cl2N4O3/c23-15-8-4-7-14(18(15)24)20-19-16(25-12-26-19)9-10-28(20)22(31)27-17(21(29)30)11-13-5-2-1-3-6-13/h1-8,12,17,20H,9-11H2,(H,25,26)(H,27,31)(H,29,30)/t17-,20+/m0/s1. The van der Waals surface area contributed by atoms with E-state index in [4.69, 9.17) is 23.2 Å². The maximum atomic E-state index is 13.3. The lowest BCUT2D eigenvalue weighted by atomic mass is 9.95. The molecule has 0 unspecified atom stereocenters. The summed E-state index contributed by atoms with van der Waals surface area (Å²) in [5.41, 5.74) is 3.02. The molecule has 3 aromatic rings. The number of amides is 2. The van der Waals surface area contributed by atoms with Crippen LogP contribution in [-0.4, -0.2) is 44.6 Å². The van der Waals surface area contributed by atoms with E-state index in [1.807, 2.05) is 30.3 Å². The molecule has 3 N–H and O–H groups in total. The molecule has 31 heavy (non-hydrogen) atoms. The van der Waals surface area contributed by atoms with Gasteiger partial charge in [-0.3, -0.25) is 0 Å². The number of urea groups is 1. The summed E-state index contributed by atoms with van der Waals surface area (Å²) in [6.45, 7) is 0.367. The second kappa shape index (κ2) is 8.99. The van der Waals surface area contributed by atoms with Gasteiger partial charge in [-0.05, 0) is 11.6 Å². The van der Waals surface area contributed by atoms with Gasteiger partial charge in [0.15, 0.2) is 0 Å². The smallest absolute Gasteiger partial charge is 0.326 e. The van der Waals surface area contributed by atoms with Crippen LogP contribution >= 0.6 is 23.2 Å². The number of nitrogens with zero attached hydrogens (tertiary/aromatic N) is 2. The van der Waals surface area contributed by atoms with E-state index in [0.717, 1.165) is 11.3 Å². The second-order valence-corrected chi connectivity index (χ2v) is 8.07. The summed E-state index contributed by atoms with van der Waals surface area (Å²) in [7, 11) is 0. The number of carboxylic acids is 1. The average molecular weight is 459 g/mol. The van der Waals surface area contributed by atoms with Crippen molar-refractivity contribution < 1.29 is 14.7 Å². The molecule has 9 heteroatoms. The van der Waals surface area contributed by atoms with Crippen molar-refractivity contribution in [2.75, 3.05) is 6.54 Å². The number of benzene rings is 2. The number of aliphatic carboxylic acids is 1. The lowest BCUT2D eigenvalue weighted by molar-refractivity contribution is -0.139. The highest BCUT2D eigenvalue weighted by Gasteiger charge is 2.37. The third kappa shape index (κ3) is 4.38. The largest absolute Gasteiger partial charge is 0.480 e. The highest BCUT2D eigenvalue weighted by molar-refractivity contribution is 6.42. The van der Waals surface area contributed by atoms with Gasteiger partial charge < -0.3 is 20.3 Å². The first-order valence-corrected chi connectivity index (χ1v) is 10.5. The highest BCUT2D eigenvalue weighted by atomic mass is 35.5. The summed E-state index contributed by atoms with van der Waals surface area (Å²) in [5, 5.41) is 13.1. The van der Waals surface area contributed by atoms with Crippen molar-refractivity contribution in [3.8, 4) is 0 Å². The van der Waals surface area contributed by atoms with E-state index in [-0.39, 0.29) is 6.42 Å². The molecule has 0 aliphatic carbocycles. The molecule has 2 aromatic carbocycles. The molecule has 4 rings (SSSR count). The fourth-order valence-corrected chi connectivity index (χ4v) is 4.24. The van der Waals surface area contributed by atoms with E-state index in [2.05, 4.69) is 15.3 Å². The van der Waals surface area contributed by atoms with Crippen LogP contribution in [0, 0.1) is 0 Å². The summed E-state index contributed by atoms with van der Waals surface area (Å²) in [6, 6.07) is 12.2. The molecular weight excluding hydrogens is 439 g/mol. The first kappa shape index (κ1) is 21.2. The zero-order chi connectivity index (χ0) is 22.0. The molecule has 1 aliphatic heterocycles. The Bertz CT molecular complexity index is 1100. The maximum absolute atomic E-state index is 13.3. The summed E-state index contributed by atoms with van der Waals surface area (Å²) in [5.74, 6) is -1.10. The molecule has 160 valence electrons. The highest BCUT2D eigenvalue weighted by Crippen LogP contribution is 2.39. The predicted octanol–water partition coefficient (Wildman–Crippen LogP) is 4.07. The van der Waals surface area contributed by atoms with Gasteiger partial charge in [0.05, 0.1) is 22.1 Å². The number of halogens is 2. The fourth-order valence-electron chi connectivity index (χ4n) is 3.82. The van der Waals surface area contributed by atoms with Crippen LogP contribution in [0.3, 0.4) is 0 Å². The molecule has 0 bridgehead atoms. The molecule has 1 aromatic heterocycles. The lowest BCUT2D eigenvalue weighted by Gasteiger charge is -2.36. The summed E-state index contributed by atoms with van der Waals surface area (Å²) in [4.78, 5) is 34.2. The number of carboxylic acid groups (broad SMARTS) is 1. The van der Waals surface area contributed by atoms with E-state index >= 15 is 0 Å². The Kier molecular flexibility index (Phi) is 6.15. The number of imidazole rings is 1. The molecule has 0 saturated carbocycles. The Hall–Kier alpha value is -3.03. The maximum Gasteiger partial charge on any atom is 0.326 e. The first-order valence-electron chi connectivity index (χ1n) is 9.75. The summed E-state index contributed by atoms with van der Waals surface area (Å²) < 4.78 is 0. The number of fused-ring (bicyclic) bond motifs is 1. The van der Waals surface area contributed by atoms with Crippen molar-refractivity contribution in [1.82, 2.24) is 20.2 Å². The number of carbonyl (C=O) groups excluding carboxylic acids is 1. The summed E-state index contributed by atoms with van der Waals surface area (Å²) in [6.07, 6.45) is 2.31. The number of aromatic nitrogens is 2. The molecule has 1 aliphatic rings. The van der Waals surface area contributed by atoms with Crippen molar-refractivity contribution in [3.63, 3.8) is 0 Å². The van der Waals surface area contributed by atoms with Crippen molar-refractivity contribution in [1.29, 1.82) is 0 Å². The summed E-state index contributed by atoms with van der Waals surface area (Å²) >= 11 is 12.7. The number of rotatable bonds is 5. The monoisotopic (exact) mass is 458 g/mol. The van der Waals surface area contributed by atoms with Gasteiger partial charge in [0.1, 0.15) is 12.1 Å². The lowest BCUT2D eigenvalue weighted by Crippen LogP contribution is -2.51. The Morgan fingerprint density at radius 2 is 1.97 bits per heavy atom. The number of aromatic amines is 1. The van der Waals surface area contributed by atoms with Crippen LogP contribution < -0.4 is 5.32 Å². The van der Waals surface area contributed by atoms with Crippen LogP contribution in [0.4, 0.5) is 4.79 Å². The van der Waals surface area contributed by atoms with E-state index < -0.39 is 24.1 Å². The normalized spacial score (nSPS) is 16.5. The van der Waals surface area contributed by atoms with Gasteiger partial charge in [-0.25, -0.2) is 14.6 Å². The third-order valence-electron chi connectivity index (χ3n) is 5.34. The Balaban J connectivity index is 1.64. The van der Waals surface area contributed by atoms with E-state index in [1.165, 1.54) is 0 Å². The molecule has 0 saturated heterocycles. The topological polar surface area (TPSA) is 98.3 Å². The van der Waals surface area contributed by atoms with Gasteiger partial charge in [0, 0.05) is 30.6 Å². The zero-order valence-corrected chi connectivity index (χ0v) is 17.9. The van der Waals surface area contributed by atoms with Gasteiger partial charge in [-0.15, -0.1) is 0 Å². The minimum Gasteiger partial charge on any atom is -0.480 e. The molecular formula is C22H20Cl2N4O3. The SMILES string of the molecule is O=C(O)[C@H](Cc1ccccc1)NC(=O)N1CCc2[nH]cnc2[C@H]1c1cccc(Cl)c1Cl. The van der Waals surface area contributed by atoms with Gasteiger partial charge in [0.25, 0.3) is 0 Å². The predicted molar refractivity (Wildman–Crippen MR) is 117 cm³/mol. The number of hydrogen-bond acceptors (Lipinski definition) is 3.